The summed E-state index contributed by atoms with van der Waals surface area (Å²) in [6.45, 7) is 0. The Balaban J connectivity index is 1.33. The van der Waals surface area contributed by atoms with Crippen molar-refractivity contribution in [3.63, 3.8) is 0 Å². The summed E-state index contributed by atoms with van der Waals surface area (Å²) in [5.41, 5.74) is 9.30. The van der Waals surface area contributed by atoms with Crippen LogP contribution in [0.1, 0.15) is 5.56 Å². The fourth-order valence-electron chi connectivity index (χ4n) is 5.82. The smallest absolute Gasteiger partial charge is 0.227 e. The first-order valence-corrected chi connectivity index (χ1v) is 15.2. The van der Waals surface area contributed by atoms with Gasteiger partial charge in [-0.25, -0.2) is 19.9 Å². The van der Waals surface area contributed by atoms with E-state index in [0.29, 0.717) is 28.9 Å². The van der Waals surface area contributed by atoms with E-state index in [1.807, 2.05) is 133 Å². The van der Waals surface area contributed by atoms with E-state index in [2.05, 4.69) is 18.2 Å². The highest BCUT2D eigenvalue weighted by atomic mass is 16.3. The third-order valence-electron chi connectivity index (χ3n) is 8.05. The number of nitrogens with zero attached hydrogens (tertiary/aromatic N) is 5. The molecule has 0 saturated heterocycles. The number of para-hydroxylation sites is 2. The van der Waals surface area contributed by atoms with Crippen LogP contribution in [0.5, 0.6) is 0 Å². The van der Waals surface area contributed by atoms with Gasteiger partial charge in [0.2, 0.25) is 5.89 Å². The zero-order valence-electron chi connectivity index (χ0n) is 25.1. The van der Waals surface area contributed by atoms with Crippen molar-refractivity contribution in [2.75, 3.05) is 0 Å². The molecular formula is C41H25N5O. The Bertz CT molecular complexity index is 2410. The Morgan fingerprint density at radius 2 is 0.957 bits per heavy atom. The molecule has 0 aliphatic heterocycles. The number of hydrogen-bond acceptors (Lipinski definition) is 6. The van der Waals surface area contributed by atoms with Gasteiger partial charge in [0.25, 0.3) is 0 Å². The number of benzene rings is 6. The molecule has 220 valence electrons. The second-order valence-electron chi connectivity index (χ2n) is 11.0. The lowest BCUT2D eigenvalue weighted by molar-refractivity contribution is 0.620. The highest BCUT2D eigenvalue weighted by molar-refractivity contribution is 5.90. The van der Waals surface area contributed by atoms with Gasteiger partial charge in [-0.1, -0.05) is 121 Å². The fourth-order valence-corrected chi connectivity index (χ4v) is 5.82. The molecule has 0 saturated carbocycles. The van der Waals surface area contributed by atoms with Crippen LogP contribution in [0.3, 0.4) is 0 Å². The van der Waals surface area contributed by atoms with Crippen LogP contribution in [0, 0.1) is 11.3 Å². The van der Waals surface area contributed by atoms with Gasteiger partial charge in [0.05, 0.1) is 11.6 Å². The Kier molecular flexibility index (Phi) is 7.10. The quantitative estimate of drug-likeness (QED) is 0.188. The fraction of sp³-hybridized carbons (Fsp3) is 0. The molecule has 8 rings (SSSR count). The molecule has 6 nitrogen and oxygen atoms in total. The van der Waals surface area contributed by atoms with Crippen LogP contribution in [0.2, 0.25) is 0 Å². The van der Waals surface area contributed by atoms with Gasteiger partial charge in [0.1, 0.15) is 5.52 Å². The number of hydrogen-bond donors (Lipinski definition) is 0. The number of aromatic nitrogens is 4. The van der Waals surface area contributed by atoms with Crippen LogP contribution in [-0.2, 0) is 0 Å². The molecule has 0 N–H and O–H groups in total. The predicted octanol–water partition coefficient (Wildman–Crippen LogP) is 9.89. The Morgan fingerprint density at radius 3 is 1.66 bits per heavy atom. The second-order valence-corrected chi connectivity index (χ2v) is 11.0. The number of rotatable bonds is 6. The van der Waals surface area contributed by atoms with Crippen LogP contribution in [0.25, 0.3) is 79.0 Å². The number of fused-ring (bicyclic) bond motifs is 1. The molecule has 0 bridgehead atoms. The van der Waals surface area contributed by atoms with Crippen molar-refractivity contribution in [1.82, 2.24) is 19.9 Å². The molecule has 8 aromatic rings. The first-order valence-electron chi connectivity index (χ1n) is 15.2. The summed E-state index contributed by atoms with van der Waals surface area (Å²) >= 11 is 0. The maximum Gasteiger partial charge on any atom is 0.227 e. The van der Waals surface area contributed by atoms with E-state index >= 15 is 0 Å². The minimum atomic E-state index is 0.536. The van der Waals surface area contributed by atoms with E-state index in [1.54, 1.807) is 6.07 Å². The third-order valence-corrected chi connectivity index (χ3v) is 8.05. The summed E-state index contributed by atoms with van der Waals surface area (Å²) in [7, 11) is 0. The molecule has 0 unspecified atom stereocenters. The van der Waals surface area contributed by atoms with E-state index in [9.17, 15) is 5.26 Å². The highest BCUT2D eigenvalue weighted by Gasteiger charge is 2.20. The van der Waals surface area contributed by atoms with Crippen LogP contribution in [0.4, 0.5) is 0 Å². The van der Waals surface area contributed by atoms with Gasteiger partial charge in [-0.15, -0.1) is 0 Å². The zero-order valence-corrected chi connectivity index (χ0v) is 25.1. The van der Waals surface area contributed by atoms with Crippen LogP contribution < -0.4 is 0 Å². The summed E-state index contributed by atoms with van der Waals surface area (Å²) in [5, 5.41) is 9.58. The molecule has 6 aromatic carbocycles. The molecule has 0 aliphatic carbocycles. The van der Waals surface area contributed by atoms with Crippen molar-refractivity contribution in [3.05, 3.63) is 157 Å². The van der Waals surface area contributed by atoms with Gasteiger partial charge in [-0.05, 0) is 52.6 Å². The van der Waals surface area contributed by atoms with Gasteiger partial charge in [-0.2, -0.15) is 5.26 Å². The first-order chi connectivity index (χ1) is 23.2. The van der Waals surface area contributed by atoms with Gasteiger partial charge in [0, 0.05) is 22.3 Å². The average molecular weight is 604 g/mol. The van der Waals surface area contributed by atoms with Crippen molar-refractivity contribution in [1.29, 1.82) is 5.26 Å². The maximum atomic E-state index is 9.58. The lowest BCUT2D eigenvalue weighted by Gasteiger charge is -2.15. The van der Waals surface area contributed by atoms with Gasteiger partial charge >= 0.3 is 0 Å². The first kappa shape index (κ1) is 27.8. The number of nitriles is 1. The Labute approximate surface area is 271 Å². The van der Waals surface area contributed by atoms with Crippen molar-refractivity contribution < 1.29 is 4.42 Å². The molecule has 0 amide bonds. The van der Waals surface area contributed by atoms with Crippen molar-refractivity contribution in [3.8, 4) is 73.9 Å². The van der Waals surface area contributed by atoms with E-state index in [1.165, 1.54) is 0 Å². The van der Waals surface area contributed by atoms with Crippen LogP contribution in [-0.4, -0.2) is 19.9 Å². The largest absolute Gasteiger partial charge is 0.436 e. The van der Waals surface area contributed by atoms with Gasteiger partial charge < -0.3 is 4.42 Å². The van der Waals surface area contributed by atoms with Crippen molar-refractivity contribution >= 4 is 11.1 Å². The van der Waals surface area contributed by atoms with E-state index in [0.717, 1.165) is 55.6 Å². The number of oxazole rings is 1. The van der Waals surface area contributed by atoms with Gasteiger partial charge in [-0.3, -0.25) is 0 Å². The summed E-state index contributed by atoms with van der Waals surface area (Å²) < 4.78 is 6.21. The minimum absolute atomic E-state index is 0.536. The molecule has 0 fully saturated rings. The third kappa shape index (κ3) is 5.33. The Hall–Kier alpha value is -6.71. The Morgan fingerprint density at radius 1 is 0.426 bits per heavy atom. The second kappa shape index (κ2) is 12.0. The molecule has 0 aliphatic rings. The standard InChI is InChI=1S/C41H25N5O/c42-26-27-13-12-16-29(25-27)30-17-4-7-20-33(30)39-44-38(28-14-2-1-3-15-28)45-40(46-39)34-21-8-5-18-31(34)32-19-6-9-22-35(32)41-43-36-23-10-11-24-37(36)47-41/h1-25H. The highest BCUT2D eigenvalue weighted by Crippen LogP contribution is 2.39. The van der Waals surface area contributed by atoms with Crippen molar-refractivity contribution in [2.45, 2.75) is 0 Å². The monoisotopic (exact) mass is 603 g/mol. The normalized spacial score (nSPS) is 11.0. The van der Waals surface area contributed by atoms with E-state index in [4.69, 9.17) is 24.4 Å². The molecule has 2 aromatic heterocycles. The van der Waals surface area contributed by atoms with E-state index in [-0.39, 0.29) is 0 Å². The summed E-state index contributed by atoms with van der Waals surface area (Å²) in [6, 6.07) is 51.7. The molecular weight excluding hydrogens is 578 g/mol. The molecule has 2 heterocycles. The van der Waals surface area contributed by atoms with Gasteiger partial charge in [0.15, 0.2) is 23.1 Å². The molecule has 47 heavy (non-hydrogen) atoms. The molecule has 0 spiro atoms. The molecule has 0 radical (unpaired) electrons. The van der Waals surface area contributed by atoms with E-state index < -0.39 is 0 Å². The molecule has 0 atom stereocenters. The van der Waals surface area contributed by atoms with Crippen LogP contribution >= 0.6 is 0 Å². The van der Waals surface area contributed by atoms with Crippen molar-refractivity contribution in [2.24, 2.45) is 0 Å². The molecule has 6 heteroatoms. The maximum absolute atomic E-state index is 9.58. The topological polar surface area (TPSA) is 88.5 Å². The summed E-state index contributed by atoms with van der Waals surface area (Å²) in [4.78, 5) is 20.0. The lowest BCUT2D eigenvalue weighted by atomic mass is 9.94. The minimum Gasteiger partial charge on any atom is -0.436 e. The SMILES string of the molecule is N#Cc1cccc(-c2ccccc2-c2nc(-c3ccccc3)nc(-c3ccccc3-c3ccccc3-c3nc4ccccc4o3)n2)c1. The average Bonchev–Trinajstić information content (AvgIpc) is 3.59. The summed E-state index contributed by atoms with van der Waals surface area (Å²) in [6.07, 6.45) is 0. The lowest BCUT2D eigenvalue weighted by Crippen LogP contribution is -2.02. The van der Waals surface area contributed by atoms with Crippen LogP contribution in [0.15, 0.2) is 156 Å². The predicted molar refractivity (Wildman–Crippen MR) is 185 cm³/mol. The summed E-state index contributed by atoms with van der Waals surface area (Å²) in [5.74, 6) is 2.19. The zero-order chi connectivity index (χ0) is 31.6.